The van der Waals surface area contributed by atoms with Crippen LogP contribution in [0.2, 0.25) is 0 Å². The van der Waals surface area contributed by atoms with Crippen molar-refractivity contribution in [2.75, 3.05) is 11.9 Å². The Bertz CT molecular complexity index is 1110. The molecular formula is C22H16F2N2O2S. The monoisotopic (exact) mass is 410 g/mol. The van der Waals surface area contributed by atoms with Crippen LogP contribution in [0.25, 0.3) is 0 Å². The van der Waals surface area contributed by atoms with Crippen molar-refractivity contribution in [1.82, 2.24) is 5.32 Å². The molecule has 146 valence electrons. The highest BCUT2D eigenvalue weighted by Gasteiger charge is 2.25. The maximum Gasteiger partial charge on any atom is 0.259 e. The van der Waals surface area contributed by atoms with Crippen LogP contribution in [-0.4, -0.2) is 18.9 Å². The SMILES string of the molecule is CN1C(=O)c2ccccc2Sc2ccc(C(=O)NCc3cc(F)cc(F)c3)cc21. The number of carbonyl (C=O) groups is 2. The Hall–Kier alpha value is -3.19. The number of carbonyl (C=O) groups excluding carboxylic acids is 2. The third-order valence-corrected chi connectivity index (χ3v) is 5.74. The fourth-order valence-electron chi connectivity index (χ4n) is 3.15. The van der Waals surface area contributed by atoms with E-state index >= 15 is 0 Å². The highest BCUT2D eigenvalue weighted by Crippen LogP contribution is 2.41. The maximum atomic E-state index is 13.3. The van der Waals surface area contributed by atoms with Crippen molar-refractivity contribution in [3.05, 3.63) is 89.0 Å². The van der Waals surface area contributed by atoms with Crippen LogP contribution in [0.3, 0.4) is 0 Å². The molecule has 0 unspecified atom stereocenters. The van der Waals surface area contributed by atoms with Gasteiger partial charge in [0, 0.05) is 35.0 Å². The Labute approximate surface area is 170 Å². The number of hydrogen-bond acceptors (Lipinski definition) is 3. The molecule has 1 aliphatic heterocycles. The number of nitrogens with zero attached hydrogens (tertiary/aromatic N) is 1. The second-order valence-electron chi connectivity index (χ2n) is 6.61. The van der Waals surface area contributed by atoms with Gasteiger partial charge in [0.15, 0.2) is 0 Å². The molecule has 4 rings (SSSR count). The van der Waals surface area contributed by atoms with Crippen LogP contribution < -0.4 is 10.2 Å². The highest BCUT2D eigenvalue weighted by molar-refractivity contribution is 7.99. The van der Waals surface area contributed by atoms with Crippen molar-refractivity contribution in [1.29, 1.82) is 0 Å². The van der Waals surface area contributed by atoms with Gasteiger partial charge in [0.1, 0.15) is 11.6 Å². The van der Waals surface area contributed by atoms with Gasteiger partial charge in [0.2, 0.25) is 0 Å². The molecular weight excluding hydrogens is 394 g/mol. The van der Waals surface area contributed by atoms with Gasteiger partial charge in [-0.1, -0.05) is 23.9 Å². The van der Waals surface area contributed by atoms with Crippen molar-refractivity contribution in [3.63, 3.8) is 0 Å². The lowest BCUT2D eigenvalue weighted by molar-refractivity contribution is 0.0948. The second-order valence-corrected chi connectivity index (χ2v) is 7.69. The van der Waals surface area contributed by atoms with Crippen molar-refractivity contribution in [2.24, 2.45) is 0 Å². The first-order chi connectivity index (χ1) is 13.9. The van der Waals surface area contributed by atoms with Crippen LogP contribution in [0, 0.1) is 11.6 Å². The summed E-state index contributed by atoms with van der Waals surface area (Å²) in [6.45, 7) is -0.0143. The van der Waals surface area contributed by atoms with E-state index in [0.717, 1.165) is 15.9 Å². The Balaban J connectivity index is 1.58. The molecule has 0 fully saturated rings. The summed E-state index contributed by atoms with van der Waals surface area (Å²) < 4.78 is 26.6. The molecule has 0 radical (unpaired) electrons. The summed E-state index contributed by atoms with van der Waals surface area (Å²) in [5, 5.41) is 2.65. The van der Waals surface area contributed by atoms with Gasteiger partial charge in [-0.25, -0.2) is 8.78 Å². The molecule has 7 heteroatoms. The zero-order valence-corrected chi connectivity index (χ0v) is 16.2. The Kier molecular flexibility index (Phi) is 5.07. The zero-order chi connectivity index (χ0) is 20.5. The van der Waals surface area contributed by atoms with Gasteiger partial charge in [0.05, 0.1) is 11.3 Å². The molecule has 0 saturated carbocycles. The first kappa shape index (κ1) is 19.1. The lowest BCUT2D eigenvalue weighted by atomic mass is 10.1. The number of halogens is 2. The third kappa shape index (κ3) is 3.86. The van der Waals surface area contributed by atoms with E-state index < -0.39 is 17.5 Å². The minimum atomic E-state index is -0.698. The maximum absolute atomic E-state index is 13.3. The van der Waals surface area contributed by atoms with Crippen LogP contribution in [-0.2, 0) is 6.54 Å². The molecule has 29 heavy (non-hydrogen) atoms. The van der Waals surface area contributed by atoms with Crippen LogP contribution >= 0.6 is 11.8 Å². The number of fused-ring (bicyclic) bond motifs is 2. The first-order valence-corrected chi connectivity index (χ1v) is 9.66. The zero-order valence-electron chi connectivity index (χ0n) is 15.4. The molecule has 1 N–H and O–H groups in total. The normalized spacial score (nSPS) is 12.8. The van der Waals surface area contributed by atoms with Crippen molar-refractivity contribution in [2.45, 2.75) is 16.3 Å². The number of anilines is 1. The molecule has 3 aromatic carbocycles. The predicted octanol–water partition coefficient (Wildman–Crippen LogP) is 4.64. The molecule has 1 heterocycles. The average molecular weight is 410 g/mol. The van der Waals surface area contributed by atoms with Crippen LogP contribution in [0.15, 0.2) is 70.5 Å². The summed E-state index contributed by atoms with van der Waals surface area (Å²) in [4.78, 5) is 28.6. The van der Waals surface area contributed by atoms with E-state index in [4.69, 9.17) is 0 Å². The Morgan fingerprint density at radius 1 is 1.00 bits per heavy atom. The van der Waals surface area contributed by atoms with Crippen LogP contribution in [0.5, 0.6) is 0 Å². The van der Waals surface area contributed by atoms with Crippen molar-refractivity contribution in [3.8, 4) is 0 Å². The summed E-state index contributed by atoms with van der Waals surface area (Å²) in [6, 6.07) is 15.6. The molecule has 3 aromatic rings. The van der Waals surface area contributed by atoms with E-state index in [1.54, 1.807) is 31.3 Å². The number of benzene rings is 3. The van der Waals surface area contributed by atoms with E-state index in [0.29, 0.717) is 22.4 Å². The number of amides is 2. The fourth-order valence-corrected chi connectivity index (χ4v) is 4.23. The molecule has 0 spiro atoms. The van der Waals surface area contributed by atoms with E-state index in [1.807, 2.05) is 18.2 Å². The highest BCUT2D eigenvalue weighted by atomic mass is 32.2. The lowest BCUT2D eigenvalue weighted by Gasteiger charge is -2.18. The van der Waals surface area contributed by atoms with Crippen molar-refractivity contribution >= 4 is 29.3 Å². The summed E-state index contributed by atoms with van der Waals surface area (Å²) in [7, 11) is 1.67. The number of nitrogens with one attached hydrogen (secondary N) is 1. The molecule has 0 aromatic heterocycles. The summed E-state index contributed by atoms with van der Waals surface area (Å²) in [5.41, 5.74) is 1.91. The number of hydrogen-bond donors (Lipinski definition) is 1. The van der Waals surface area contributed by atoms with Gasteiger partial charge in [-0.05, 0) is 48.0 Å². The third-order valence-electron chi connectivity index (χ3n) is 4.60. The largest absolute Gasteiger partial charge is 0.348 e. The summed E-state index contributed by atoms with van der Waals surface area (Å²) in [6.07, 6.45) is 0. The minimum Gasteiger partial charge on any atom is -0.348 e. The van der Waals surface area contributed by atoms with E-state index in [2.05, 4.69) is 5.32 Å². The summed E-state index contributed by atoms with van der Waals surface area (Å²) in [5.74, 6) is -1.95. The van der Waals surface area contributed by atoms with Gasteiger partial charge in [-0.3, -0.25) is 9.59 Å². The lowest BCUT2D eigenvalue weighted by Crippen LogP contribution is -2.27. The van der Waals surface area contributed by atoms with Gasteiger partial charge < -0.3 is 10.2 Å². The molecule has 2 amide bonds. The Morgan fingerprint density at radius 3 is 2.48 bits per heavy atom. The van der Waals surface area contributed by atoms with E-state index in [9.17, 15) is 18.4 Å². The predicted molar refractivity (Wildman–Crippen MR) is 107 cm³/mol. The molecule has 0 atom stereocenters. The van der Waals surface area contributed by atoms with Crippen LogP contribution in [0.1, 0.15) is 26.3 Å². The Morgan fingerprint density at radius 2 is 1.72 bits per heavy atom. The molecule has 0 saturated heterocycles. The minimum absolute atomic E-state index is 0.0143. The summed E-state index contributed by atoms with van der Waals surface area (Å²) >= 11 is 1.47. The topological polar surface area (TPSA) is 49.4 Å². The average Bonchev–Trinajstić information content (AvgIpc) is 2.80. The fraction of sp³-hybridized carbons (Fsp3) is 0.0909. The van der Waals surface area contributed by atoms with E-state index in [-0.39, 0.29) is 12.5 Å². The first-order valence-electron chi connectivity index (χ1n) is 8.84. The number of rotatable bonds is 3. The molecule has 0 aliphatic carbocycles. The van der Waals surface area contributed by atoms with E-state index in [1.165, 1.54) is 28.8 Å². The molecule has 0 bridgehead atoms. The molecule has 4 nitrogen and oxygen atoms in total. The van der Waals surface area contributed by atoms with Crippen LogP contribution in [0.4, 0.5) is 14.5 Å². The standard InChI is InChI=1S/C22H16F2N2O2S/c1-26-18-10-14(21(27)25-12-13-8-15(23)11-16(24)9-13)6-7-20(18)29-19-5-3-2-4-17(19)22(26)28/h2-11H,12H2,1H3,(H,25,27). The smallest absolute Gasteiger partial charge is 0.259 e. The quantitative estimate of drug-likeness (QED) is 0.685. The van der Waals surface area contributed by atoms with Gasteiger partial charge in [-0.15, -0.1) is 0 Å². The van der Waals surface area contributed by atoms with Gasteiger partial charge in [0.25, 0.3) is 11.8 Å². The molecule has 1 aliphatic rings. The second kappa shape index (κ2) is 7.67. The van der Waals surface area contributed by atoms with Crippen molar-refractivity contribution < 1.29 is 18.4 Å². The van der Waals surface area contributed by atoms with Gasteiger partial charge >= 0.3 is 0 Å². The van der Waals surface area contributed by atoms with Gasteiger partial charge in [-0.2, -0.15) is 0 Å².